The first-order valence-corrected chi connectivity index (χ1v) is 10.3. The number of anilines is 2. The third-order valence-electron chi connectivity index (χ3n) is 4.96. The van der Waals surface area contributed by atoms with Crippen molar-refractivity contribution in [3.63, 3.8) is 0 Å². The molecule has 3 aromatic rings. The van der Waals surface area contributed by atoms with Gasteiger partial charge in [0.25, 0.3) is 5.91 Å². The smallest absolute Gasteiger partial charge is 0.257 e. The van der Waals surface area contributed by atoms with E-state index in [0.29, 0.717) is 18.1 Å². The molecule has 29 heavy (non-hydrogen) atoms. The van der Waals surface area contributed by atoms with Gasteiger partial charge in [0.15, 0.2) is 5.13 Å². The molecule has 7 heteroatoms. The van der Waals surface area contributed by atoms with E-state index in [1.807, 2.05) is 30.9 Å². The van der Waals surface area contributed by atoms with E-state index in [9.17, 15) is 14.0 Å². The number of aromatic nitrogens is 1. The van der Waals surface area contributed by atoms with Gasteiger partial charge in [0.1, 0.15) is 5.82 Å². The molecule has 1 aliphatic rings. The van der Waals surface area contributed by atoms with Gasteiger partial charge in [0.05, 0.1) is 5.69 Å². The standard InChI is InChI=1S/C22H20FN3O2S/c1-3-19(27)26-10-9-14-11-15(7-8-18(14)26)20-13(2)29-22(24-20)25-21(28)16-5-4-6-17(23)12-16/h4-8,11-12H,3,9-10H2,1-2H3,(H,24,25,28). The number of fused-ring (bicyclic) bond motifs is 1. The average Bonchev–Trinajstić information content (AvgIpc) is 3.30. The number of hydrogen-bond donors (Lipinski definition) is 1. The van der Waals surface area contributed by atoms with Crippen molar-refractivity contribution in [3.8, 4) is 11.3 Å². The van der Waals surface area contributed by atoms with Crippen LogP contribution >= 0.6 is 11.3 Å². The summed E-state index contributed by atoms with van der Waals surface area (Å²) < 4.78 is 13.3. The summed E-state index contributed by atoms with van der Waals surface area (Å²) in [5.74, 6) is -0.724. The maximum absolute atomic E-state index is 13.3. The van der Waals surface area contributed by atoms with Gasteiger partial charge in [0, 0.05) is 34.7 Å². The minimum absolute atomic E-state index is 0.128. The van der Waals surface area contributed by atoms with Crippen LogP contribution in [0.25, 0.3) is 11.3 Å². The number of carbonyl (C=O) groups excluding carboxylic acids is 2. The monoisotopic (exact) mass is 409 g/mol. The van der Waals surface area contributed by atoms with Gasteiger partial charge in [-0.1, -0.05) is 19.1 Å². The van der Waals surface area contributed by atoms with Gasteiger partial charge in [0.2, 0.25) is 5.91 Å². The summed E-state index contributed by atoms with van der Waals surface area (Å²) in [6, 6.07) is 11.5. The van der Waals surface area contributed by atoms with Gasteiger partial charge in [-0.05, 0) is 49.2 Å². The molecule has 0 atom stereocenters. The van der Waals surface area contributed by atoms with E-state index in [-0.39, 0.29) is 11.5 Å². The molecular formula is C22H20FN3O2S. The molecule has 0 unspecified atom stereocenters. The highest BCUT2D eigenvalue weighted by molar-refractivity contribution is 7.16. The highest BCUT2D eigenvalue weighted by atomic mass is 32.1. The summed E-state index contributed by atoms with van der Waals surface area (Å²) in [6.45, 7) is 4.52. The summed E-state index contributed by atoms with van der Waals surface area (Å²) in [5.41, 5.74) is 4.09. The van der Waals surface area contributed by atoms with Crippen LogP contribution < -0.4 is 10.2 Å². The van der Waals surface area contributed by atoms with Crippen LogP contribution in [-0.4, -0.2) is 23.3 Å². The van der Waals surface area contributed by atoms with Crippen LogP contribution in [0.4, 0.5) is 15.2 Å². The maximum atomic E-state index is 13.3. The topological polar surface area (TPSA) is 62.3 Å². The van der Waals surface area contributed by atoms with Crippen LogP contribution in [0.3, 0.4) is 0 Å². The van der Waals surface area contributed by atoms with Gasteiger partial charge >= 0.3 is 0 Å². The Morgan fingerprint density at radius 3 is 2.83 bits per heavy atom. The predicted molar refractivity (Wildman–Crippen MR) is 113 cm³/mol. The Labute approximate surface area is 172 Å². The van der Waals surface area contributed by atoms with Crippen LogP contribution in [0.5, 0.6) is 0 Å². The molecule has 1 N–H and O–H groups in total. The number of aryl methyl sites for hydroxylation is 1. The van der Waals surface area contributed by atoms with Crippen molar-refractivity contribution in [2.75, 3.05) is 16.8 Å². The number of nitrogens with one attached hydrogen (secondary N) is 1. The molecule has 4 rings (SSSR count). The molecule has 0 aliphatic carbocycles. The van der Waals surface area contributed by atoms with Crippen LogP contribution in [0.1, 0.15) is 34.1 Å². The number of thiazole rings is 1. The van der Waals surface area contributed by atoms with Crippen molar-refractivity contribution < 1.29 is 14.0 Å². The highest BCUT2D eigenvalue weighted by Gasteiger charge is 2.24. The lowest BCUT2D eigenvalue weighted by molar-refractivity contribution is -0.118. The fourth-order valence-electron chi connectivity index (χ4n) is 3.52. The molecule has 2 amide bonds. The predicted octanol–water partition coefficient (Wildman–Crippen LogP) is 4.81. The normalized spacial score (nSPS) is 12.7. The lowest BCUT2D eigenvalue weighted by Gasteiger charge is -2.16. The molecule has 0 radical (unpaired) electrons. The number of nitrogens with zero attached hydrogens (tertiary/aromatic N) is 2. The van der Waals surface area contributed by atoms with E-state index < -0.39 is 11.7 Å². The molecule has 2 aromatic carbocycles. The maximum Gasteiger partial charge on any atom is 0.257 e. The quantitative estimate of drug-likeness (QED) is 0.673. The van der Waals surface area contributed by atoms with E-state index in [0.717, 1.165) is 33.8 Å². The highest BCUT2D eigenvalue weighted by Crippen LogP contribution is 2.36. The van der Waals surface area contributed by atoms with E-state index in [2.05, 4.69) is 16.4 Å². The second-order valence-electron chi connectivity index (χ2n) is 6.88. The Bertz CT molecular complexity index is 1110. The van der Waals surface area contributed by atoms with Gasteiger partial charge < -0.3 is 4.90 Å². The van der Waals surface area contributed by atoms with E-state index in [4.69, 9.17) is 0 Å². The van der Waals surface area contributed by atoms with Crippen LogP contribution in [-0.2, 0) is 11.2 Å². The number of halogens is 1. The average molecular weight is 409 g/mol. The second-order valence-corrected chi connectivity index (χ2v) is 8.08. The molecule has 2 heterocycles. The zero-order valence-electron chi connectivity index (χ0n) is 16.2. The fourth-order valence-corrected chi connectivity index (χ4v) is 4.35. The Balaban J connectivity index is 1.57. The largest absolute Gasteiger partial charge is 0.312 e. The van der Waals surface area contributed by atoms with Crippen molar-refractivity contribution in [1.82, 2.24) is 4.98 Å². The first-order chi connectivity index (χ1) is 14.0. The molecule has 1 aliphatic heterocycles. The third-order valence-corrected chi connectivity index (χ3v) is 5.84. The summed E-state index contributed by atoms with van der Waals surface area (Å²) in [7, 11) is 0. The van der Waals surface area contributed by atoms with Gasteiger partial charge in [-0.25, -0.2) is 9.37 Å². The van der Waals surface area contributed by atoms with Crippen LogP contribution in [0.2, 0.25) is 0 Å². The zero-order chi connectivity index (χ0) is 20.5. The third kappa shape index (κ3) is 3.78. The van der Waals surface area contributed by atoms with Crippen molar-refractivity contribution in [3.05, 3.63) is 64.3 Å². The molecule has 0 fully saturated rings. The van der Waals surface area contributed by atoms with Crippen molar-refractivity contribution in [2.45, 2.75) is 26.7 Å². The first kappa shape index (κ1) is 19.3. The Morgan fingerprint density at radius 1 is 1.24 bits per heavy atom. The van der Waals surface area contributed by atoms with Crippen molar-refractivity contribution in [2.24, 2.45) is 0 Å². The van der Waals surface area contributed by atoms with E-state index in [1.54, 1.807) is 6.07 Å². The minimum atomic E-state index is -0.456. The van der Waals surface area contributed by atoms with Gasteiger partial charge in [-0.3, -0.25) is 14.9 Å². The number of carbonyl (C=O) groups is 2. The SMILES string of the molecule is CCC(=O)N1CCc2cc(-c3nc(NC(=O)c4cccc(F)c4)sc3C)ccc21. The van der Waals surface area contributed by atoms with E-state index >= 15 is 0 Å². The molecule has 0 saturated heterocycles. The summed E-state index contributed by atoms with van der Waals surface area (Å²) in [6.07, 6.45) is 1.31. The minimum Gasteiger partial charge on any atom is -0.312 e. The summed E-state index contributed by atoms with van der Waals surface area (Å²) >= 11 is 1.38. The Kier molecular flexibility index (Phi) is 5.15. The first-order valence-electron chi connectivity index (χ1n) is 9.44. The number of amides is 2. The molecule has 5 nitrogen and oxygen atoms in total. The number of benzene rings is 2. The van der Waals surface area contributed by atoms with Crippen molar-refractivity contribution in [1.29, 1.82) is 0 Å². The van der Waals surface area contributed by atoms with Gasteiger partial charge in [-0.2, -0.15) is 0 Å². The number of hydrogen-bond acceptors (Lipinski definition) is 4. The van der Waals surface area contributed by atoms with Crippen molar-refractivity contribution >= 4 is 34.0 Å². The second kappa shape index (κ2) is 7.75. The van der Waals surface area contributed by atoms with Crippen LogP contribution in [0.15, 0.2) is 42.5 Å². The molecule has 0 saturated carbocycles. The van der Waals surface area contributed by atoms with Gasteiger partial charge in [-0.15, -0.1) is 11.3 Å². The molecule has 148 valence electrons. The number of rotatable bonds is 4. The molecule has 1 aromatic heterocycles. The molecule has 0 bridgehead atoms. The van der Waals surface area contributed by atoms with E-state index in [1.165, 1.54) is 29.5 Å². The molecular weight excluding hydrogens is 389 g/mol. The summed E-state index contributed by atoms with van der Waals surface area (Å²) in [4.78, 5) is 31.8. The lowest BCUT2D eigenvalue weighted by atomic mass is 10.1. The fraction of sp³-hybridized carbons (Fsp3) is 0.227. The summed E-state index contributed by atoms with van der Waals surface area (Å²) in [5, 5.41) is 3.21. The van der Waals surface area contributed by atoms with Crippen LogP contribution in [0, 0.1) is 12.7 Å². The molecule has 0 spiro atoms. The Hall–Kier alpha value is -3.06. The Morgan fingerprint density at radius 2 is 2.07 bits per heavy atom. The lowest BCUT2D eigenvalue weighted by Crippen LogP contribution is -2.27. The zero-order valence-corrected chi connectivity index (χ0v) is 17.0.